The lowest BCUT2D eigenvalue weighted by Gasteiger charge is -2.38. The Labute approximate surface area is 186 Å². The third kappa shape index (κ3) is 3.46. The number of hydrogen-bond acceptors (Lipinski definition) is 4. The molecule has 0 bridgehead atoms. The van der Waals surface area contributed by atoms with Gasteiger partial charge in [-0.2, -0.15) is 0 Å². The summed E-state index contributed by atoms with van der Waals surface area (Å²) in [7, 11) is 0. The van der Waals surface area contributed by atoms with Crippen molar-refractivity contribution < 1.29 is 19.1 Å². The minimum Gasteiger partial charge on any atom is -0.478 e. The van der Waals surface area contributed by atoms with Crippen LogP contribution in [0, 0.1) is 6.92 Å². The van der Waals surface area contributed by atoms with E-state index in [-0.39, 0.29) is 0 Å². The second-order valence-electron chi connectivity index (χ2n) is 8.09. The second-order valence-corrected chi connectivity index (χ2v) is 8.09. The van der Waals surface area contributed by atoms with Crippen molar-refractivity contribution in [2.75, 3.05) is 0 Å². The molecular formula is C27H23NO4. The number of carboxylic acids is 1. The summed E-state index contributed by atoms with van der Waals surface area (Å²) in [4.78, 5) is 16.8. The number of carbonyl (C=O) groups is 1. The second kappa shape index (κ2) is 8.00. The normalized spacial score (nSPS) is 14.5. The van der Waals surface area contributed by atoms with Crippen molar-refractivity contribution in [2.45, 2.75) is 31.8 Å². The first-order chi connectivity index (χ1) is 15.6. The van der Waals surface area contributed by atoms with Gasteiger partial charge in [-0.25, -0.2) is 9.78 Å². The average molecular weight is 425 g/mol. The molecule has 0 unspecified atom stereocenters. The minimum atomic E-state index is -1.19. The predicted octanol–water partition coefficient (Wildman–Crippen LogP) is 6.37. The number of aromatic nitrogens is 1. The summed E-state index contributed by atoms with van der Waals surface area (Å²) in [6.45, 7) is 1.87. The Kier molecular flexibility index (Phi) is 5.02. The standard InChI is InChI=1S/C27H23NO4/c1-18-24(28-25(31-18)20-12-6-3-7-13-20)23-21(19-10-4-2-5-11-19)14-8-15-22(23)32-27(26(29)30)16-9-17-27/h2-8,10-15H,9,16-17H2,1H3,(H,29,30). The van der Waals surface area contributed by atoms with Crippen molar-refractivity contribution in [3.8, 4) is 39.6 Å². The first-order valence-electron chi connectivity index (χ1n) is 10.7. The highest BCUT2D eigenvalue weighted by molar-refractivity contribution is 5.88. The molecule has 32 heavy (non-hydrogen) atoms. The molecule has 4 aromatic rings. The highest BCUT2D eigenvalue weighted by Crippen LogP contribution is 2.45. The molecule has 1 aliphatic rings. The zero-order valence-corrected chi connectivity index (χ0v) is 17.7. The average Bonchev–Trinajstić information content (AvgIpc) is 3.18. The lowest BCUT2D eigenvalue weighted by atomic mass is 9.80. The van der Waals surface area contributed by atoms with Gasteiger partial charge in [-0.05, 0) is 55.5 Å². The molecule has 3 aromatic carbocycles. The number of aliphatic carboxylic acids is 1. The van der Waals surface area contributed by atoms with E-state index in [9.17, 15) is 9.90 Å². The molecule has 1 N–H and O–H groups in total. The number of hydrogen-bond donors (Lipinski definition) is 1. The first kappa shape index (κ1) is 20.1. The number of benzene rings is 3. The molecule has 1 heterocycles. The van der Waals surface area contributed by atoms with Gasteiger partial charge in [0.2, 0.25) is 11.5 Å². The number of oxazole rings is 1. The lowest BCUT2D eigenvalue weighted by molar-refractivity contribution is -0.163. The van der Waals surface area contributed by atoms with Crippen LogP contribution in [0.25, 0.3) is 33.8 Å². The molecule has 0 amide bonds. The van der Waals surface area contributed by atoms with Crippen LogP contribution in [0.2, 0.25) is 0 Å². The van der Waals surface area contributed by atoms with Crippen LogP contribution in [0.15, 0.2) is 83.3 Å². The maximum Gasteiger partial charge on any atom is 0.348 e. The van der Waals surface area contributed by atoms with Gasteiger partial charge in [0.15, 0.2) is 0 Å². The fraction of sp³-hybridized carbons (Fsp3) is 0.185. The van der Waals surface area contributed by atoms with Crippen molar-refractivity contribution in [3.63, 3.8) is 0 Å². The van der Waals surface area contributed by atoms with Gasteiger partial charge in [0.1, 0.15) is 17.2 Å². The van der Waals surface area contributed by atoms with Crippen LogP contribution in [0.5, 0.6) is 5.75 Å². The van der Waals surface area contributed by atoms with Crippen LogP contribution < -0.4 is 4.74 Å². The molecular weight excluding hydrogens is 402 g/mol. The summed E-state index contributed by atoms with van der Waals surface area (Å²) < 4.78 is 12.3. The zero-order chi connectivity index (χ0) is 22.1. The summed E-state index contributed by atoms with van der Waals surface area (Å²) in [6, 6.07) is 25.4. The molecule has 5 nitrogen and oxygen atoms in total. The third-order valence-electron chi connectivity index (χ3n) is 6.02. The van der Waals surface area contributed by atoms with E-state index in [2.05, 4.69) is 0 Å². The Bertz CT molecular complexity index is 1260. The molecule has 1 fully saturated rings. The molecule has 160 valence electrons. The predicted molar refractivity (Wildman–Crippen MR) is 122 cm³/mol. The van der Waals surface area contributed by atoms with E-state index in [0.717, 1.165) is 28.7 Å². The van der Waals surface area contributed by atoms with E-state index in [1.54, 1.807) is 0 Å². The molecule has 1 aliphatic carbocycles. The van der Waals surface area contributed by atoms with Crippen LogP contribution in [-0.2, 0) is 4.79 Å². The van der Waals surface area contributed by atoms with E-state index in [1.807, 2.05) is 85.8 Å². The number of nitrogens with zero attached hydrogens (tertiary/aromatic N) is 1. The summed E-state index contributed by atoms with van der Waals surface area (Å²) in [5.74, 6) is 0.740. The van der Waals surface area contributed by atoms with Crippen LogP contribution in [-0.4, -0.2) is 21.7 Å². The van der Waals surface area contributed by atoms with Gasteiger partial charge in [-0.3, -0.25) is 0 Å². The van der Waals surface area contributed by atoms with E-state index in [1.165, 1.54) is 0 Å². The molecule has 0 radical (unpaired) electrons. The third-order valence-corrected chi connectivity index (χ3v) is 6.02. The van der Waals surface area contributed by atoms with Crippen molar-refractivity contribution in [3.05, 3.63) is 84.6 Å². The van der Waals surface area contributed by atoms with E-state index >= 15 is 0 Å². The molecule has 1 aromatic heterocycles. The molecule has 5 rings (SSSR count). The maximum atomic E-state index is 12.0. The van der Waals surface area contributed by atoms with Crippen LogP contribution in [0.4, 0.5) is 0 Å². The monoisotopic (exact) mass is 425 g/mol. The van der Waals surface area contributed by atoms with Crippen LogP contribution in [0.1, 0.15) is 25.0 Å². The molecule has 0 atom stereocenters. The summed E-state index contributed by atoms with van der Waals surface area (Å²) >= 11 is 0. The summed E-state index contributed by atoms with van der Waals surface area (Å²) in [5.41, 5.74) is 2.99. The van der Waals surface area contributed by atoms with Crippen molar-refractivity contribution in [1.82, 2.24) is 4.98 Å². The van der Waals surface area contributed by atoms with Gasteiger partial charge in [0.25, 0.3) is 0 Å². The number of ether oxygens (including phenoxy) is 1. The van der Waals surface area contributed by atoms with Gasteiger partial charge < -0.3 is 14.3 Å². The van der Waals surface area contributed by atoms with Crippen molar-refractivity contribution in [2.24, 2.45) is 0 Å². The van der Waals surface area contributed by atoms with Crippen molar-refractivity contribution >= 4 is 5.97 Å². The lowest BCUT2D eigenvalue weighted by Crippen LogP contribution is -2.50. The Balaban J connectivity index is 1.69. The molecule has 0 saturated heterocycles. The molecule has 1 saturated carbocycles. The van der Waals surface area contributed by atoms with Crippen molar-refractivity contribution in [1.29, 1.82) is 0 Å². The topological polar surface area (TPSA) is 72.6 Å². The Morgan fingerprint density at radius 1 is 0.938 bits per heavy atom. The molecule has 5 heteroatoms. The van der Waals surface area contributed by atoms with E-state index in [4.69, 9.17) is 14.1 Å². The summed E-state index contributed by atoms with van der Waals surface area (Å²) in [5, 5.41) is 9.84. The van der Waals surface area contributed by atoms with Crippen LogP contribution >= 0.6 is 0 Å². The van der Waals surface area contributed by atoms with Gasteiger partial charge in [0, 0.05) is 5.56 Å². The van der Waals surface area contributed by atoms with E-state index < -0.39 is 11.6 Å². The first-order valence-corrected chi connectivity index (χ1v) is 10.7. The van der Waals surface area contributed by atoms with E-state index in [0.29, 0.717) is 35.9 Å². The fourth-order valence-corrected chi connectivity index (χ4v) is 4.12. The zero-order valence-electron chi connectivity index (χ0n) is 17.7. The minimum absolute atomic E-state index is 0.490. The molecule has 0 aliphatic heterocycles. The SMILES string of the molecule is Cc1oc(-c2ccccc2)nc1-c1c(OC2(C(=O)O)CCC2)cccc1-c1ccccc1. The largest absolute Gasteiger partial charge is 0.478 e. The number of carboxylic acid groups (broad SMARTS) is 1. The highest BCUT2D eigenvalue weighted by atomic mass is 16.5. The Morgan fingerprint density at radius 2 is 1.59 bits per heavy atom. The van der Waals surface area contributed by atoms with Gasteiger partial charge in [-0.15, -0.1) is 0 Å². The maximum absolute atomic E-state index is 12.0. The Hall–Kier alpha value is -3.86. The fourth-order valence-electron chi connectivity index (χ4n) is 4.12. The number of aryl methyl sites for hydroxylation is 1. The summed E-state index contributed by atoms with van der Waals surface area (Å²) in [6.07, 6.45) is 1.82. The van der Waals surface area contributed by atoms with Gasteiger partial charge in [-0.1, -0.05) is 60.7 Å². The smallest absolute Gasteiger partial charge is 0.348 e. The quantitative estimate of drug-likeness (QED) is 0.389. The highest BCUT2D eigenvalue weighted by Gasteiger charge is 2.47. The molecule has 0 spiro atoms. The van der Waals surface area contributed by atoms with Gasteiger partial charge >= 0.3 is 5.97 Å². The van der Waals surface area contributed by atoms with Crippen LogP contribution in [0.3, 0.4) is 0 Å². The van der Waals surface area contributed by atoms with Gasteiger partial charge in [0.05, 0.1) is 5.56 Å². The Morgan fingerprint density at radius 3 is 2.19 bits per heavy atom. The number of rotatable bonds is 6.